The van der Waals surface area contributed by atoms with Gasteiger partial charge in [-0.25, -0.2) is 0 Å². The molecule has 0 N–H and O–H groups in total. The van der Waals surface area contributed by atoms with Crippen molar-refractivity contribution in [1.82, 2.24) is 9.78 Å². The molecule has 0 spiro atoms. The molecule has 1 aliphatic rings. The average molecular weight is 268 g/mol. The minimum Gasteiger partial charge on any atom is -0.298 e. The molecule has 0 amide bonds. The molecule has 1 fully saturated rings. The van der Waals surface area contributed by atoms with Crippen LogP contribution in [-0.4, -0.2) is 16.1 Å². The molecule has 1 aromatic heterocycles. The Kier molecular flexibility index (Phi) is 3.68. The summed E-state index contributed by atoms with van der Waals surface area (Å²) in [5, 5.41) is 4.67. The van der Waals surface area contributed by atoms with Gasteiger partial charge in [0, 0.05) is 11.8 Å². The van der Waals surface area contributed by atoms with Crippen molar-refractivity contribution in [3.05, 3.63) is 41.6 Å². The minimum absolute atomic E-state index is 0.470. The Morgan fingerprint density at radius 3 is 2.55 bits per heavy atom. The van der Waals surface area contributed by atoms with E-state index in [1.165, 1.54) is 31.2 Å². The van der Waals surface area contributed by atoms with Crippen LogP contribution in [0.2, 0.25) is 0 Å². The predicted molar refractivity (Wildman–Crippen MR) is 79.9 cm³/mol. The molecule has 1 heterocycles. The lowest BCUT2D eigenvalue weighted by Gasteiger charge is -2.08. The fourth-order valence-corrected chi connectivity index (χ4v) is 2.97. The molecule has 3 heteroatoms. The van der Waals surface area contributed by atoms with E-state index in [-0.39, 0.29) is 0 Å². The van der Waals surface area contributed by atoms with E-state index < -0.39 is 0 Å². The number of aryl methyl sites for hydroxylation is 1. The van der Waals surface area contributed by atoms with E-state index in [1.807, 2.05) is 10.9 Å². The first-order valence-electron chi connectivity index (χ1n) is 7.45. The third-order valence-electron chi connectivity index (χ3n) is 4.22. The predicted octanol–water partition coefficient (Wildman–Crippen LogP) is 4.04. The fourth-order valence-electron chi connectivity index (χ4n) is 2.97. The summed E-state index contributed by atoms with van der Waals surface area (Å²) >= 11 is 0. The highest BCUT2D eigenvalue weighted by molar-refractivity contribution is 5.85. The Morgan fingerprint density at radius 1 is 1.25 bits per heavy atom. The first-order chi connectivity index (χ1) is 9.81. The zero-order valence-corrected chi connectivity index (χ0v) is 11.9. The van der Waals surface area contributed by atoms with Gasteiger partial charge in [0.1, 0.15) is 5.69 Å². The molecule has 0 radical (unpaired) electrons. The van der Waals surface area contributed by atoms with Crippen LogP contribution in [0.25, 0.3) is 11.3 Å². The summed E-state index contributed by atoms with van der Waals surface area (Å²) in [4.78, 5) is 11.3. The zero-order valence-electron chi connectivity index (χ0n) is 11.9. The molecule has 104 valence electrons. The highest BCUT2D eigenvalue weighted by Gasteiger charge is 2.20. The number of hydrogen-bond donors (Lipinski definition) is 0. The van der Waals surface area contributed by atoms with E-state index in [0.29, 0.717) is 11.6 Å². The van der Waals surface area contributed by atoms with Gasteiger partial charge < -0.3 is 0 Å². The number of rotatable bonds is 4. The van der Waals surface area contributed by atoms with Gasteiger partial charge in [-0.05, 0) is 24.8 Å². The van der Waals surface area contributed by atoms with Crippen LogP contribution in [0.4, 0.5) is 0 Å². The maximum Gasteiger partial charge on any atom is 0.153 e. The van der Waals surface area contributed by atoms with Crippen LogP contribution in [0.5, 0.6) is 0 Å². The normalized spacial score (nSPS) is 15.7. The van der Waals surface area contributed by atoms with Crippen molar-refractivity contribution in [1.29, 1.82) is 0 Å². The molecule has 20 heavy (non-hydrogen) atoms. The molecule has 1 aliphatic carbocycles. The summed E-state index contributed by atoms with van der Waals surface area (Å²) in [6.45, 7) is 2.14. The number of hydrogen-bond acceptors (Lipinski definition) is 2. The van der Waals surface area contributed by atoms with Crippen LogP contribution in [-0.2, 0) is 6.42 Å². The van der Waals surface area contributed by atoms with E-state index in [1.54, 1.807) is 0 Å². The highest BCUT2D eigenvalue weighted by atomic mass is 16.1. The second kappa shape index (κ2) is 5.61. The van der Waals surface area contributed by atoms with Gasteiger partial charge in [-0.15, -0.1) is 0 Å². The molecule has 1 saturated carbocycles. The van der Waals surface area contributed by atoms with Gasteiger partial charge in [0.25, 0.3) is 0 Å². The van der Waals surface area contributed by atoms with Crippen molar-refractivity contribution >= 4 is 6.29 Å². The third kappa shape index (κ3) is 2.40. The Labute approximate surface area is 119 Å². The minimum atomic E-state index is 0.470. The van der Waals surface area contributed by atoms with Crippen molar-refractivity contribution in [3.8, 4) is 11.3 Å². The van der Waals surface area contributed by atoms with Crippen molar-refractivity contribution in [2.45, 2.75) is 45.1 Å². The summed E-state index contributed by atoms with van der Waals surface area (Å²) in [6, 6.07) is 8.81. The lowest BCUT2D eigenvalue weighted by atomic mass is 10.1. The smallest absolute Gasteiger partial charge is 0.153 e. The van der Waals surface area contributed by atoms with Gasteiger partial charge in [-0.1, -0.05) is 44.0 Å². The number of benzene rings is 1. The number of carbonyl (C=O) groups is 1. The maximum absolute atomic E-state index is 11.3. The second-order valence-electron chi connectivity index (χ2n) is 5.52. The molecular formula is C17H20N2O. The Balaban J connectivity index is 1.96. The largest absolute Gasteiger partial charge is 0.298 e. The van der Waals surface area contributed by atoms with Crippen molar-refractivity contribution in [2.24, 2.45) is 0 Å². The molecule has 0 unspecified atom stereocenters. The van der Waals surface area contributed by atoms with E-state index in [0.717, 1.165) is 24.0 Å². The number of carbonyl (C=O) groups excluding carboxylic acids is 1. The zero-order chi connectivity index (χ0) is 13.9. The lowest BCUT2D eigenvalue weighted by Crippen LogP contribution is -2.04. The molecule has 2 aromatic rings. The van der Waals surface area contributed by atoms with Crippen molar-refractivity contribution in [3.63, 3.8) is 0 Å². The van der Waals surface area contributed by atoms with Gasteiger partial charge in [0.15, 0.2) is 6.29 Å². The second-order valence-corrected chi connectivity index (χ2v) is 5.52. The summed E-state index contributed by atoms with van der Waals surface area (Å²) < 4.78 is 2.00. The van der Waals surface area contributed by atoms with Crippen LogP contribution < -0.4 is 0 Å². The molecule has 1 aromatic carbocycles. The topological polar surface area (TPSA) is 34.9 Å². The fraction of sp³-hybridized carbons (Fsp3) is 0.412. The molecule has 3 nitrogen and oxygen atoms in total. The van der Waals surface area contributed by atoms with Gasteiger partial charge in [0.05, 0.1) is 11.6 Å². The van der Waals surface area contributed by atoms with Gasteiger partial charge in [-0.2, -0.15) is 5.10 Å². The third-order valence-corrected chi connectivity index (χ3v) is 4.22. The van der Waals surface area contributed by atoms with Crippen LogP contribution in [0.15, 0.2) is 30.5 Å². The summed E-state index contributed by atoms with van der Waals surface area (Å²) in [6.07, 6.45) is 8.73. The average Bonchev–Trinajstić information content (AvgIpc) is 3.16. The summed E-state index contributed by atoms with van der Waals surface area (Å²) in [5.74, 6) is 0. The summed E-state index contributed by atoms with van der Waals surface area (Å²) in [7, 11) is 0. The van der Waals surface area contributed by atoms with Crippen LogP contribution >= 0.6 is 0 Å². The van der Waals surface area contributed by atoms with Gasteiger partial charge in [-0.3, -0.25) is 9.48 Å². The number of nitrogens with zero attached hydrogens (tertiary/aromatic N) is 2. The van der Waals surface area contributed by atoms with Gasteiger partial charge in [0.2, 0.25) is 0 Å². The number of aldehydes is 1. The standard InChI is InChI=1S/C17H20N2O/c1-2-13-7-9-14(10-8-13)17-15(12-20)11-19(18-17)16-5-3-4-6-16/h7-12,16H,2-6H2,1H3. The monoisotopic (exact) mass is 268 g/mol. The molecular weight excluding hydrogens is 248 g/mol. The Morgan fingerprint density at radius 2 is 1.95 bits per heavy atom. The van der Waals surface area contributed by atoms with E-state index in [2.05, 4.69) is 36.3 Å². The highest BCUT2D eigenvalue weighted by Crippen LogP contribution is 2.31. The summed E-state index contributed by atoms with van der Waals surface area (Å²) in [5.41, 5.74) is 3.84. The molecule has 0 atom stereocenters. The first-order valence-corrected chi connectivity index (χ1v) is 7.45. The van der Waals surface area contributed by atoms with E-state index in [4.69, 9.17) is 0 Å². The lowest BCUT2D eigenvalue weighted by molar-refractivity contribution is 0.112. The van der Waals surface area contributed by atoms with Crippen LogP contribution in [0.3, 0.4) is 0 Å². The Bertz CT molecular complexity index is 592. The molecule has 3 rings (SSSR count). The Hall–Kier alpha value is -1.90. The molecule has 0 aliphatic heterocycles. The number of aromatic nitrogens is 2. The first kappa shape index (κ1) is 13.1. The van der Waals surface area contributed by atoms with E-state index >= 15 is 0 Å². The van der Waals surface area contributed by atoms with Gasteiger partial charge >= 0.3 is 0 Å². The molecule has 0 bridgehead atoms. The van der Waals surface area contributed by atoms with Crippen molar-refractivity contribution in [2.75, 3.05) is 0 Å². The SMILES string of the molecule is CCc1ccc(-c2nn(C3CCCC3)cc2C=O)cc1. The maximum atomic E-state index is 11.3. The van der Waals surface area contributed by atoms with Crippen molar-refractivity contribution < 1.29 is 4.79 Å². The molecule has 0 saturated heterocycles. The van der Waals surface area contributed by atoms with E-state index in [9.17, 15) is 4.79 Å². The van der Waals surface area contributed by atoms with Crippen LogP contribution in [0, 0.1) is 0 Å². The quantitative estimate of drug-likeness (QED) is 0.784. The van der Waals surface area contributed by atoms with Crippen LogP contribution in [0.1, 0.15) is 54.6 Å².